The lowest BCUT2D eigenvalue weighted by Gasteiger charge is -2.24. The number of nitrogens with one attached hydrogen (secondary N) is 1. The number of nitrogens with zero attached hydrogens (tertiary/aromatic N) is 1. The van der Waals surface area contributed by atoms with Crippen molar-refractivity contribution < 1.29 is 9.15 Å². The molecule has 2 fully saturated rings. The number of hydrogen-bond donors (Lipinski definition) is 1. The Morgan fingerprint density at radius 2 is 1.95 bits per heavy atom. The molecule has 1 aromatic heterocycles. The second-order valence-electron chi connectivity index (χ2n) is 5.54. The van der Waals surface area contributed by atoms with E-state index in [0.717, 1.165) is 48.7 Å². The monoisotopic (exact) mass is 258 g/mol. The van der Waals surface area contributed by atoms with Crippen LogP contribution in [0, 0.1) is 0 Å². The second-order valence-corrected chi connectivity index (χ2v) is 5.54. The van der Waals surface area contributed by atoms with Crippen LogP contribution in [0.3, 0.4) is 0 Å². The van der Waals surface area contributed by atoms with Gasteiger partial charge in [-0.3, -0.25) is 0 Å². The smallest absolute Gasteiger partial charge is 0.198 e. The van der Waals surface area contributed by atoms with Crippen molar-refractivity contribution in [2.45, 2.75) is 37.6 Å². The molecule has 0 bridgehead atoms. The van der Waals surface area contributed by atoms with Crippen LogP contribution in [0.2, 0.25) is 0 Å². The lowest BCUT2D eigenvalue weighted by atomic mass is 10.1. The van der Waals surface area contributed by atoms with Gasteiger partial charge in [0.15, 0.2) is 11.5 Å². The molecule has 2 heterocycles. The van der Waals surface area contributed by atoms with Gasteiger partial charge in [-0.1, -0.05) is 0 Å². The minimum Gasteiger partial charge on any atom is -0.440 e. The Bertz CT molecular complexity index is 583. The number of hydrogen-bond acceptors (Lipinski definition) is 4. The van der Waals surface area contributed by atoms with Crippen LogP contribution in [-0.4, -0.2) is 24.2 Å². The molecule has 0 unspecified atom stereocenters. The van der Waals surface area contributed by atoms with E-state index in [1.165, 1.54) is 12.8 Å². The highest BCUT2D eigenvalue weighted by Gasteiger charge is 2.28. The molecule has 1 aliphatic heterocycles. The third-order valence-corrected chi connectivity index (χ3v) is 3.92. The summed E-state index contributed by atoms with van der Waals surface area (Å²) in [5.74, 6) is 1.48. The molecule has 1 N–H and O–H groups in total. The van der Waals surface area contributed by atoms with Crippen molar-refractivity contribution in [3.8, 4) is 0 Å². The van der Waals surface area contributed by atoms with Crippen LogP contribution in [-0.2, 0) is 4.74 Å². The van der Waals surface area contributed by atoms with Gasteiger partial charge in [-0.25, -0.2) is 4.98 Å². The largest absolute Gasteiger partial charge is 0.440 e. The summed E-state index contributed by atoms with van der Waals surface area (Å²) in [4.78, 5) is 4.60. The van der Waals surface area contributed by atoms with Crippen molar-refractivity contribution in [3.05, 3.63) is 24.1 Å². The maximum absolute atomic E-state index is 5.78. The third kappa shape index (κ3) is 2.32. The minimum atomic E-state index is 0.515. The third-order valence-electron chi connectivity index (χ3n) is 3.92. The van der Waals surface area contributed by atoms with Gasteiger partial charge in [0.2, 0.25) is 0 Å². The van der Waals surface area contributed by atoms with Crippen LogP contribution in [0.25, 0.3) is 11.1 Å². The molecule has 2 aromatic rings. The van der Waals surface area contributed by atoms with Crippen molar-refractivity contribution >= 4 is 16.8 Å². The number of oxazole rings is 1. The zero-order valence-corrected chi connectivity index (χ0v) is 10.9. The maximum Gasteiger partial charge on any atom is 0.198 e. The molecular formula is C15H18N2O2. The van der Waals surface area contributed by atoms with Crippen LogP contribution < -0.4 is 5.32 Å². The van der Waals surface area contributed by atoms with Gasteiger partial charge in [0.25, 0.3) is 0 Å². The molecule has 0 amide bonds. The Morgan fingerprint density at radius 1 is 1.11 bits per heavy atom. The van der Waals surface area contributed by atoms with Crippen LogP contribution in [0.4, 0.5) is 5.69 Å². The Labute approximate surface area is 112 Å². The average molecular weight is 258 g/mol. The predicted octanol–water partition coefficient (Wildman–Crippen LogP) is 3.30. The van der Waals surface area contributed by atoms with Gasteiger partial charge in [0.1, 0.15) is 5.52 Å². The van der Waals surface area contributed by atoms with E-state index in [1.54, 1.807) is 0 Å². The van der Waals surface area contributed by atoms with Gasteiger partial charge in [-0.05, 0) is 43.9 Å². The summed E-state index contributed by atoms with van der Waals surface area (Å²) >= 11 is 0. The molecule has 4 nitrogen and oxygen atoms in total. The van der Waals surface area contributed by atoms with Gasteiger partial charge < -0.3 is 14.5 Å². The molecule has 0 atom stereocenters. The predicted molar refractivity (Wildman–Crippen MR) is 73.4 cm³/mol. The van der Waals surface area contributed by atoms with E-state index in [0.29, 0.717) is 12.0 Å². The van der Waals surface area contributed by atoms with Crippen molar-refractivity contribution in [1.82, 2.24) is 4.98 Å². The molecule has 1 aliphatic carbocycles. The van der Waals surface area contributed by atoms with Gasteiger partial charge in [-0.2, -0.15) is 0 Å². The van der Waals surface area contributed by atoms with Crippen molar-refractivity contribution in [1.29, 1.82) is 0 Å². The van der Waals surface area contributed by atoms with E-state index in [4.69, 9.17) is 9.15 Å². The lowest BCUT2D eigenvalue weighted by Crippen LogP contribution is -2.27. The summed E-state index contributed by atoms with van der Waals surface area (Å²) < 4.78 is 11.2. The van der Waals surface area contributed by atoms with Crippen LogP contribution in [0.15, 0.2) is 22.6 Å². The summed E-state index contributed by atoms with van der Waals surface area (Å²) in [5, 5.41) is 3.57. The van der Waals surface area contributed by atoms with Crippen molar-refractivity contribution in [3.63, 3.8) is 0 Å². The van der Waals surface area contributed by atoms with Crippen LogP contribution >= 0.6 is 0 Å². The zero-order chi connectivity index (χ0) is 12.7. The number of benzene rings is 1. The van der Waals surface area contributed by atoms with E-state index < -0.39 is 0 Å². The number of rotatable bonds is 3. The first-order chi connectivity index (χ1) is 9.38. The number of aromatic nitrogens is 1. The molecule has 1 saturated heterocycles. The van der Waals surface area contributed by atoms with Crippen molar-refractivity contribution in [2.75, 3.05) is 18.5 Å². The van der Waals surface area contributed by atoms with E-state index in [-0.39, 0.29) is 0 Å². The number of ether oxygens (including phenoxy) is 1. The molecule has 4 heteroatoms. The van der Waals surface area contributed by atoms with Gasteiger partial charge in [0, 0.05) is 30.9 Å². The van der Waals surface area contributed by atoms with Crippen LogP contribution in [0.1, 0.15) is 37.5 Å². The first-order valence-corrected chi connectivity index (χ1v) is 7.13. The second kappa shape index (κ2) is 4.53. The summed E-state index contributed by atoms with van der Waals surface area (Å²) in [6.45, 7) is 1.71. The summed E-state index contributed by atoms with van der Waals surface area (Å²) in [6, 6.07) is 6.72. The topological polar surface area (TPSA) is 47.3 Å². The quantitative estimate of drug-likeness (QED) is 0.917. The fourth-order valence-corrected chi connectivity index (χ4v) is 2.62. The number of anilines is 1. The molecule has 0 radical (unpaired) electrons. The summed E-state index contributed by atoms with van der Waals surface area (Å²) in [7, 11) is 0. The molecule has 2 aliphatic rings. The summed E-state index contributed by atoms with van der Waals surface area (Å²) in [6.07, 6.45) is 4.59. The molecule has 1 saturated carbocycles. The minimum absolute atomic E-state index is 0.515. The molecule has 19 heavy (non-hydrogen) atoms. The molecule has 0 spiro atoms. The van der Waals surface area contributed by atoms with Crippen LogP contribution in [0.5, 0.6) is 0 Å². The highest BCUT2D eigenvalue weighted by Crippen LogP contribution is 2.40. The van der Waals surface area contributed by atoms with Gasteiger partial charge in [0.05, 0.1) is 0 Å². The van der Waals surface area contributed by atoms with Gasteiger partial charge >= 0.3 is 0 Å². The Morgan fingerprint density at radius 3 is 2.74 bits per heavy atom. The Hall–Kier alpha value is -1.55. The van der Waals surface area contributed by atoms with Gasteiger partial charge in [-0.15, -0.1) is 0 Å². The highest BCUT2D eigenvalue weighted by molar-refractivity contribution is 5.77. The van der Waals surface area contributed by atoms with E-state index in [9.17, 15) is 0 Å². The van der Waals surface area contributed by atoms with E-state index >= 15 is 0 Å². The number of fused-ring (bicyclic) bond motifs is 1. The Balaban J connectivity index is 1.56. The highest BCUT2D eigenvalue weighted by atomic mass is 16.5. The lowest BCUT2D eigenvalue weighted by molar-refractivity contribution is 0.0904. The molecule has 1 aromatic carbocycles. The SMILES string of the molecule is c1cc2oc(C3CC3)nc2cc1NC1CCOCC1. The molecule has 100 valence electrons. The normalized spacial score (nSPS) is 20.8. The fourth-order valence-electron chi connectivity index (χ4n) is 2.62. The molecular weight excluding hydrogens is 240 g/mol. The average Bonchev–Trinajstić information content (AvgIpc) is 3.20. The first kappa shape index (κ1) is 11.3. The maximum atomic E-state index is 5.78. The fraction of sp³-hybridized carbons (Fsp3) is 0.533. The summed E-state index contributed by atoms with van der Waals surface area (Å²) in [5.41, 5.74) is 3.01. The van der Waals surface area contributed by atoms with E-state index in [2.05, 4.69) is 22.4 Å². The standard InChI is InChI=1S/C15H18N2O2/c1-2-10(1)15-17-13-9-12(3-4-14(13)19-15)16-11-5-7-18-8-6-11/h3-4,9-11,16H,1-2,5-8H2. The first-order valence-electron chi connectivity index (χ1n) is 7.13. The van der Waals surface area contributed by atoms with E-state index in [1.807, 2.05) is 6.07 Å². The van der Waals surface area contributed by atoms with Crippen molar-refractivity contribution in [2.24, 2.45) is 0 Å². The Kier molecular flexibility index (Phi) is 2.69. The zero-order valence-electron chi connectivity index (χ0n) is 10.9. The molecule has 4 rings (SSSR count).